The number of halogens is 2. The molecule has 2 fully saturated rings. The largest absolute Gasteiger partial charge is 0.340 e. The number of rotatable bonds is 6. The highest BCUT2D eigenvalue weighted by Crippen LogP contribution is 2.34. The number of aromatic nitrogens is 1. The van der Waals surface area contributed by atoms with Crippen molar-refractivity contribution in [1.29, 1.82) is 0 Å². The number of aryl methyl sites for hydroxylation is 1. The van der Waals surface area contributed by atoms with E-state index in [1.807, 2.05) is 25.1 Å². The standard InChI is InChI=1S/C27H25Cl2N3O3/c1-16-12-13-31(14-17-2-3-17)27(35)24(16)32-15-22(18-4-8-20(28)9-5-18)23(26(32)34)30-25(33)19-6-10-21(29)11-7-19/h4-13,17,22-23H,2-3,14-15H2,1H3,(H,30,33)/t22-,23?/m0/s1. The zero-order valence-corrected chi connectivity index (χ0v) is 20.7. The molecule has 2 amide bonds. The van der Waals surface area contributed by atoms with Gasteiger partial charge in [0.15, 0.2) is 0 Å². The normalized spacial score (nSPS) is 19.7. The molecule has 1 saturated heterocycles. The SMILES string of the molecule is Cc1ccn(CC2CC2)c(=O)c1N1C[C@@H](c2ccc(Cl)cc2)C(NC(=O)c2ccc(Cl)cc2)C1=O. The van der Waals surface area contributed by atoms with E-state index < -0.39 is 6.04 Å². The highest BCUT2D eigenvalue weighted by Gasteiger charge is 2.44. The van der Waals surface area contributed by atoms with Crippen molar-refractivity contribution in [3.63, 3.8) is 0 Å². The number of nitrogens with one attached hydrogen (secondary N) is 1. The van der Waals surface area contributed by atoms with Gasteiger partial charge >= 0.3 is 0 Å². The molecule has 1 unspecified atom stereocenters. The second-order valence-corrected chi connectivity index (χ2v) is 10.2. The molecule has 1 aliphatic heterocycles. The van der Waals surface area contributed by atoms with Gasteiger partial charge in [-0.15, -0.1) is 0 Å². The summed E-state index contributed by atoms with van der Waals surface area (Å²) in [5.41, 5.74) is 2.19. The Morgan fingerprint density at radius 3 is 2.23 bits per heavy atom. The topological polar surface area (TPSA) is 71.4 Å². The third kappa shape index (κ3) is 4.86. The highest BCUT2D eigenvalue weighted by atomic mass is 35.5. The third-order valence-electron chi connectivity index (χ3n) is 6.77. The molecule has 5 rings (SSSR count). The van der Waals surface area contributed by atoms with Crippen molar-refractivity contribution in [2.75, 3.05) is 11.4 Å². The van der Waals surface area contributed by atoms with Gasteiger partial charge in [-0.1, -0.05) is 35.3 Å². The fourth-order valence-corrected chi connectivity index (χ4v) is 4.89. The van der Waals surface area contributed by atoms with Gasteiger partial charge in [0.05, 0.1) is 0 Å². The number of benzene rings is 2. The van der Waals surface area contributed by atoms with E-state index in [1.165, 1.54) is 4.90 Å². The quantitative estimate of drug-likeness (QED) is 0.518. The smallest absolute Gasteiger partial charge is 0.274 e. The van der Waals surface area contributed by atoms with E-state index >= 15 is 0 Å². The van der Waals surface area contributed by atoms with Crippen LogP contribution in [0.4, 0.5) is 5.69 Å². The molecule has 2 aromatic carbocycles. The minimum Gasteiger partial charge on any atom is -0.340 e. The molecule has 35 heavy (non-hydrogen) atoms. The lowest BCUT2D eigenvalue weighted by atomic mass is 9.94. The van der Waals surface area contributed by atoms with Crippen LogP contribution >= 0.6 is 23.2 Å². The molecule has 0 bridgehead atoms. The molecular weight excluding hydrogens is 485 g/mol. The number of pyridine rings is 1. The first-order valence-electron chi connectivity index (χ1n) is 11.6. The van der Waals surface area contributed by atoms with Crippen LogP contribution in [0.15, 0.2) is 65.6 Å². The number of carbonyl (C=O) groups excluding carboxylic acids is 2. The lowest BCUT2D eigenvalue weighted by Gasteiger charge is -2.20. The Bertz CT molecular complexity index is 1330. The minimum absolute atomic E-state index is 0.176. The molecule has 2 aliphatic rings. The van der Waals surface area contributed by atoms with Gasteiger partial charge in [-0.3, -0.25) is 14.4 Å². The molecule has 2 atom stereocenters. The Morgan fingerprint density at radius 2 is 1.60 bits per heavy atom. The zero-order valence-electron chi connectivity index (χ0n) is 19.2. The Labute approximate surface area is 213 Å². The van der Waals surface area contributed by atoms with E-state index in [1.54, 1.807) is 47.2 Å². The summed E-state index contributed by atoms with van der Waals surface area (Å²) in [5.74, 6) is -0.522. The van der Waals surface area contributed by atoms with E-state index in [-0.39, 0.29) is 29.8 Å². The molecule has 1 aromatic heterocycles. The summed E-state index contributed by atoms with van der Waals surface area (Å²) >= 11 is 12.0. The molecule has 1 aliphatic carbocycles. The Kier molecular flexibility index (Phi) is 6.43. The van der Waals surface area contributed by atoms with Crippen LogP contribution in [0.2, 0.25) is 10.0 Å². The number of hydrogen-bond acceptors (Lipinski definition) is 3. The van der Waals surface area contributed by atoms with Gasteiger partial charge in [0.25, 0.3) is 11.5 Å². The Morgan fingerprint density at radius 1 is 0.971 bits per heavy atom. The summed E-state index contributed by atoms with van der Waals surface area (Å²) in [4.78, 5) is 41.7. The van der Waals surface area contributed by atoms with Crippen LogP contribution in [0.25, 0.3) is 0 Å². The van der Waals surface area contributed by atoms with Crippen molar-refractivity contribution < 1.29 is 9.59 Å². The van der Waals surface area contributed by atoms with E-state index in [0.717, 1.165) is 24.0 Å². The zero-order chi connectivity index (χ0) is 24.7. The van der Waals surface area contributed by atoms with Gasteiger partial charge < -0.3 is 14.8 Å². The predicted molar refractivity (Wildman–Crippen MR) is 137 cm³/mol. The molecule has 1 saturated carbocycles. The molecule has 2 heterocycles. The second-order valence-electron chi connectivity index (χ2n) is 9.31. The summed E-state index contributed by atoms with van der Waals surface area (Å²) < 4.78 is 1.70. The van der Waals surface area contributed by atoms with Gasteiger partial charge in [-0.2, -0.15) is 0 Å². The van der Waals surface area contributed by atoms with Crippen LogP contribution < -0.4 is 15.8 Å². The molecule has 1 N–H and O–H groups in total. The van der Waals surface area contributed by atoms with E-state index in [0.29, 0.717) is 33.8 Å². The van der Waals surface area contributed by atoms with Gasteiger partial charge in [-0.05, 0) is 79.3 Å². The Hall–Kier alpha value is -3.09. The summed E-state index contributed by atoms with van der Waals surface area (Å²) in [6, 6.07) is 14.8. The van der Waals surface area contributed by atoms with Crippen LogP contribution in [-0.4, -0.2) is 29.0 Å². The number of nitrogens with zero attached hydrogens (tertiary/aromatic N) is 2. The van der Waals surface area contributed by atoms with E-state index in [2.05, 4.69) is 5.32 Å². The summed E-state index contributed by atoms with van der Waals surface area (Å²) in [7, 11) is 0. The van der Waals surface area contributed by atoms with Crippen LogP contribution in [0.1, 0.15) is 40.2 Å². The summed E-state index contributed by atoms with van der Waals surface area (Å²) in [5, 5.41) is 4.01. The fraction of sp³-hybridized carbons (Fsp3) is 0.296. The minimum atomic E-state index is -0.838. The van der Waals surface area contributed by atoms with Crippen molar-refractivity contribution in [1.82, 2.24) is 9.88 Å². The first kappa shape index (κ1) is 23.6. The van der Waals surface area contributed by atoms with Crippen LogP contribution in [-0.2, 0) is 11.3 Å². The molecule has 3 aromatic rings. The molecule has 6 nitrogen and oxygen atoms in total. The monoisotopic (exact) mass is 509 g/mol. The Balaban J connectivity index is 1.50. The lowest BCUT2D eigenvalue weighted by molar-refractivity contribution is -0.118. The first-order chi connectivity index (χ1) is 16.8. The third-order valence-corrected chi connectivity index (χ3v) is 7.27. The number of hydrogen-bond donors (Lipinski definition) is 1. The van der Waals surface area contributed by atoms with Crippen LogP contribution in [0.3, 0.4) is 0 Å². The maximum absolute atomic E-state index is 13.7. The average molecular weight is 510 g/mol. The van der Waals surface area contributed by atoms with Crippen LogP contribution in [0, 0.1) is 12.8 Å². The molecule has 180 valence electrons. The highest BCUT2D eigenvalue weighted by molar-refractivity contribution is 6.30. The maximum atomic E-state index is 13.7. The van der Waals surface area contributed by atoms with Gasteiger partial charge in [0.1, 0.15) is 11.7 Å². The average Bonchev–Trinajstić information content (AvgIpc) is 3.61. The van der Waals surface area contributed by atoms with Gasteiger partial charge in [0, 0.05) is 40.8 Å². The number of anilines is 1. The second kappa shape index (κ2) is 9.51. The van der Waals surface area contributed by atoms with E-state index in [9.17, 15) is 14.4 Å². The van der Waals surface area contributed by atoms with Crippen molar-refractivity contribution >= 4 is 40.7 Å². The van der Waals surface area contributed by atoms with E-state index in [4.69, 9.17) is 23.2 Å². The predicted octanol–water partition coefficient (Wildman–Crippen LogP) is 4.80. The summed E-state index contributed by atoms with van der Waals surface area (Å²) in [6.45, 7) is 2.77. The first-order valence-corrected chi connectivity index (χ1v) is 12.4. The fourth-order valence-electron chi connectivity index (χ4n) is 4.63. The van der Waals surface area contributed by atoms with Crippen molar-refractivity contribution in [2.45, 2.75) is 38.3 Å². The molecule has 8 heteroatoms. The molecule has 0 radical (unpaired) electrons. The number of carbonyl (C=O) groups is 2. The molecular formula is C27H25Cl2N3O3. The van der Waals surface area contributed by atoms with Gasteiger partial charge in [0.2, 0.25) is 5.91 Å². The maximum Gasteiger partial charge on any atom is 0.274 e. The summed E-state index contributed by atoms with van der Waals surface area (Å²) in [6.07, 6.45) is 4.04. The van der Waals surface area contributed by atoms with Crippen molar-refractivity contribution in [3.05, 3.63) is 97.9 Å². The molecule has 0 spiro atoms. The van der Waals surface area contributed by atoms with Crippen molar-refractivity contribution in [2.24, 2.45) is 5.92 Å². The van der Waals surface area contributed by atoms with Gasteiger partial charge in [-0.25, -0.2) is 0 Å². The van der Waals surface area contributed by atoms with Crippen LogP contribution in [0.5, 0.6) is 0 Å². The number of amides is 2. The van der Waals surface area contributed by atoms with Crippen molar-refractivity contribution in [3.8, 4) is 0 Å². The lowest BCUT2D eigenvalue weighted by Crippen LogP contribution is -2.44.